The Morgan fingerprint density at radius 2 is 1.79 bits per heavy atom. The molecular weight excluding hydrogens is 304 g/mol. The van der Waals surface area contributed by atoms with Crippen molar-refractivity contribution in [3.05, 3.63) is 87.7 Å². The number of hydrogen-bond donors (Lipinski definition) is 0. The van der Waals surface area contributed by atoms with Crippen molar-refractivity contribution < 1.29 is 9.72 Å². The Labute approximate surface area is 139 Å². The van der Waals surface area contributed by atoms with E-state index in [1.165, 1.54) is 13.0 Å². The third-order valence-electron chi connectivity index (χ3n) is 3.86. The van der Waals surface area contributed by atoms with Crippen LogP contribution in [0.4, 0.5) is 0 Å². The molecule has 5 nitrogen and oxygen atoms in total. The Bertz CT molecular complexity index is 924. The predicted octanol–water partition coefficient (Wildman–Crippen LogP) is 3.90. The second kappa shape index (κ2) is 6.50. The maximum absolute atomic E-state index is 11.5. The molecular formula is C19H16N2O3. The van der Waals surface area contributed by atoms with Gasteiger partial charge in [-0.3, -0.25) is 14.9 Å². The number of para-hydroxylation sites is 1. The summed E-state index contributed by atoms with van der Waals surface area (Å²) in [4.78, 5) is 22.0. The molecule has 2 aromatic carbocycles. The third kappa shape index (κ3) is 3.10. The zero-order valence-electron chi connectivity index (χ0n) is 13.2. The lowest BCUT2D eigenvalue weighted by Crippen LogP contribution is -2.07. The summed E-state index contributed by atoms with van der Waals surface area (Å²) in [6.45, 7) is 1.86. The lowest BCUT2D eigenvalue weighted by Gasteiger charge is -2.05. The molecule has 0 aliphatic rings. The van der Waals surface area contributed by atoms with Gasteiger partial charge in [-0.1, -0.05) is 48.5 Å². The quantitative estimate of drug-likeness (QED) is 0.407. The first-order valence-electron chi connectivity index (χ1n) is 7.55. The van der Waals surface area contributed by atoms with Crippen LogP contribution in [0.3, 0.4) is 0 Å². The number of Topliss-reactive ketones (excluding diaryl/α,β-unsaturated/α-hetero) is 1. The van der Waals surface area contributed by atoms with Gasteiger partial charge in [0.2, 0.25) is 5.78 Å². The highest BCUT2D eigenvalue weighted by Crippen LogP contribution is 2.24. The van der Waals surface area contributed by atoms with Crippen molar-refractivity contribution in [2.45, 2.75) is 13.5 Å². The molecule has 0 spiro atoms. The number of carbonyl (C=O) groups is 1. The number of benzene rings is 2. The number of fused-ring (bicyclic) bond motifs is 1. The van der Waals surface area contributed by atoms with Crippen LogP contribution in [0.25, 0.3) is 17.0 Å². The Balaban J connectivity index is 2.12. The first kappa shape index (κ1) is 15.7. The molecule has 120 valence electrons. The largest absolute Gasteiger partial charge is 0.342 e. The summed E-state index contributed by atoms with van der Waals surface area (Å²) in [5.74, 6) is -0.556. The number of carbonyl (C=O) groups excluding carboxylic acids is 1. The van der Waals surface area contributed by atoms with Gasteiger partial charge in [0.25, 0.3) is 0 Å². The monoisotopic (exact) mass is 320 g/mol. The van der Waals surface area contributed by atoms with Gasteiger partial charge in [-0.2, -0.15) is 0 Å². The highest BCUT2D eigenvalue weighted by Gasteiger charge is 2.18. The summed E-state index contributed by atoms with van der Waals surface area (Å²) in [5.41, 5.74) is 2.37. The van der Waals surface area contributed by atoms with Gasteiger partial charge in [-0.15, -0.1) is 0 Å². The minimum atomic E-state index is -0.633. The van der Waals surface area contributed by atoms with E-state index in [0.29, 0.717) is 12.1 Å². The normalized spacial score (nSPS) is 11.6. The van der Waals surface area contributed by atoms with Crippen molar-refractivity contribution in [1.29, 1.82) is 0 Å². The van der Waals surface area contributed by atoms with E-state index in [-0.39, 0.29) is 0 Å². The van der Waals surface area contributed by atoms with Crippen LogP contribution in [0, 0.1) is 10.1 Å². The van der Waals surface area contributed by atoms with E-state index in [0.717, 1.165) is 16.5 Å². The van der Waals surface area contributed by atoms with Crippen LogP contribution < -0.4 is 0 Å². The summed E-state index contributed by atoms with van der Waals surface area (Å²) in [7, 11) is 0. The van der Waals surface area contributed by atoms with E-state index in [4.69, 9.17) is 0 Å². The molecule has 0 N–H and O–H groups in total. The number of nitro groups is 1. The van der Waals surface area contributed by atoms with E-state index in [9.17, 15) is 14.9 Å². The van der Waals surface area contributed by atoms with Crippen LogP contribution in [0.5, 0.6) is 0 Å². The van der Waals surface area contributed by atoms with Gasteiger partial charge in [0.15, 0.2) is 0 Å². The fraction of sp³-hybridized carbons (Fsp3) is 0.105. The van der Waals surface area contributed by atoms with Crippen molar-refractivity contribution >= 4 is 22.8 Å². The Morgan fingerprint density at radius 1 is 1.12 bits per heavy atom. The summed E-state index contributed by atoms with van der Waals surface area (Å²) < 4.78 is 2.04. The van der Waals surface area contributed by atoms with Crippen molar-refractivity contribution in [2.24, 2.45) is 0 Å². The fourth-order valence-corrected chi connectivity index (χ4v) is 2.73. The van der Waals surface area contributed by atoms with E-state index < -0.39 is 16.4 Å². The maximum atomic E-state index is 11.5. The van der Waals surface area contributed by atoms with Crippen molar-refractivity contribution in [3.8, 4) is 0 Å². The maximum Gasteiger partial charge on any atom is 0.312 e. The Kier molecular flexibility index (Phi) is 4.24. The number of aromatic nitrogens is 1. The van der Waals surface area contributed by atoms with E-state index >= 15 is 0 Å². The van der Waals surface area contributed by atoms with Crippen LogP contribution in [0.15, 0.2) is 66.5 Å². The molecule has 0 amide bonds. The number of allylic oxidation sites excluding steroid dienone is 1. The third-order valence-corrected chi connectivity index (χ3v) is 3.86. The molecule has 1 aromatic heterocycles. The Hall–Kier alpha value is -3.21. The molecule has 1 heterocycles. The topological polar surface area (TPSA) is 65.1 Å². The highest BCUT2D eigenvalue weighted by atomic mass is 16.6. The van der Waals surface area contributed by atoms with E-state index in [1.807, 2.05) is 65.4 Å². The van der Waals surface area contributed by atoms with Gasteiger partial charge in [0.05, 0.1) is 4.92 Å². The summed E-state index contributed by atoms with van der Waals surface area (Å²) in [5, 5.41) is 12.0. The molecule has 0 unspecified atom stereocenters. The van der Waals surface area contributed by atoms with Gasteiger partial charge in [-0.05, 0) is 11.6 Å². The molecule has 3 aromatic rings. The molecule has 0 aliphatic heterocycles. The fourth-order valence-electron chi connectivity index (χ4n) is 2.73. The van der Waals surface area contributed by atoms with E-state index in [2.05, 4.69) is 0 Å². The lowest BCUT2D eigenvalue weighted by atomic mass is 10.1. The van der Waals surface area contributed by atoms with Gasteiger partial charge < -0.3 is 4.57 Å². The van der Waals surface area contributed by atoms with Crippen LogP contribution in [0.1, 0.15) is 18.1 Å². The Morgan fingerprint density at radius 3 is 2.46 bits per heavy atom. The van der Waals surface area contributed by atoms with Crippen LogP contribution in [0.2, 0.25) is 0 Å². The van der Waals surface area contributed by atoms with Crippen molar-refractivity contribution in [2.75, 3.05) is 0 Å². The van der Waals surface area contributed by atoms with Gasteiger partial charge in [0, 0.05) is 42.2 Å². The lowest BCUT2D eigenvalue weighted by molar-refractivity contribution is -0.417. The summed E-state index contributed by atoms with van der Waals surface area (Å²) in [6, 6.07) is 17.6. The minimum Gasteiger partial charge on any atom is -0.342 e. The van der Waals surface area contributed by atoms with Gasteiger partial charge in [-0.25, -0.2) is 0 Å². The molecule has 0 atom stereocenters. The molecule has 5 heteroatoms. The van der Waals surface area contributed by atoms with Gasteiger partial charge in [0.1, 0.15) is 0 Å². The molecule has 3 rings (SSSR count). The first-order chi connectivity index (χ1) is 11.6. The van der Waals surface area contributed by atoms with Gasteiger partial charge >= 0.3 is 5.70 Å². The molecule has 0 saturated heterocycles. The highest BCUT2D eigenvalue weighted by molar-refractivity contribution is 5.98. The average molecular weight is 320 g/mol. The molecule has 0 saturated carbocycles. The smallest absolute Gasteiger partial charge is 0.312 e. The van der Waals surface area contributed by atoms with E-state index in [1.54, 1.807) is 0 Å². The standard InChI is InChI=1S/C19H16N2O3/c1-14(22)19(21(23)24)11-16-13-20(12-15-7-3-2-4-8-15)18-10-6-5-9-17(16)18/h2-11,13H,12H2,1H3. The van der Waals surface area contributed by atoms with Crippen LogP contribution >= 0.6 is 0 Å². The predicted molar refractivity (Wildman–Crippen MR) is 93.1 cm³/mol. The second-order valence-corrected chi connectivity index (χ2v) is 5.56. The van der Waals surface area contributed by atoms with Crippen molar-refractivity contribution in [3.63, 3.8) is 0 Å². The van der Waals surface area contributed by atoms with Crippen LogP contribution in [-0.4, -0.2) is 15.3 Å². The van der Waals surface area contributed by atoms with Crippen LogP contribution in [-0.2, 0) is 11.3 Å². The molecule has 24 heavy (non-hydrogen) atoms. The second-order valence-electron chi connectivity index (χ2n) is 5.56. The molecule has 0 fully saturated rings. The SMILES string of the molecule is CC(=O)C(=Cc1cn(Cc2ccccc2)c2ccccc12)[N+](=O)[O-]. The minimum absolute atomic E-state index is 0.405. The summed E-state index contributed by atoms with van der Waals surface area (Å²) in [6.07, 6.45) is 3.20. The first-order valence-corrected chi connectivity index (χ1v) is 7.55. The number of hydrogen-bond acceptors (Lipinski definition) is 3. The average Bonchev–Trinajstić information content (AvgIpc) is 2.91. The van der Waals surface area contributed by atoms with Crippen molar-refractivity contribution in [1.82, 2.24) is 4.57 Å². The number of ketones is 1. The molecule has 0 radical (unpaired) electrons. The molecule has 0 bridgehead atoms. The zero-order chi connectivity index (χ0) is 17.1. The molecule has 0 aliphatic carbocycles. The summed E-state index contributed by atoms with van der Waals surface area (Å²) >= 11 is 0. The number of rotatable bonds is 5. The number of nitrogens with zero attached hydrogens (tertiary/aromatic N) is 2. The zero-order valence-corrected chi connectivity index (χ0v) is 13.2.